The normalized spacial score (nSPS) is 16.3. The fraction of sp³-hybridized carbons (Fsp3) is 0.500. The van der Waals surface area contributed by atoms with Crippen LogP contribution in [-0.4, -0.2) is 50.8 Å². The monoisotopic (exact) mass is 287 g/mol. The van der Waals surface area contributed by atoms with Gasteiger partial charge in [-0.25, -0.2) is 14.6 Å². The van der Waals surface area contributed by atoms with Crippen LogP contribution in [0.2, 0.25) is 0 Å². The number of aromatic nitrogens is 4. The van der Waals surface area contributed by atoms with E-state index in [4.69, 9.17) is 5.73 Å². The van der Waals surface area contributed by atoms with Gasteiger partial charge in [0.05, 0.1) is 12.2 Å². The van der Waals surface area contributed by atoms with Crippen LogP contribution < -0.4 is 10.6 Å². The lowest BCUT2D eigenvalue weighted by Gasteiger charge is -2.35. The average molecular weight is 287 g/mol. The molecule has 7 heteroatoms. The molecule has 1 aliphatic heterocycles. The van der Waals surface area contributed by atoms with Crippen molar-refractivity contribution in [2.24, 2.45) is 0 Å². The highest BCUT2D eigenvalue weighted by atomic mass is 15.4. The van der Waals surface area contributed by atoms with Crippen molar-refractivity contribution in [2.75, 3.05) is 36.8 Å². The minimum absolute atomic E-state index is 0.747. The molecule has 0 unspecified atom stereocenters. The Bertz CT molecular complexity index is 587. The number of piperazine rings is 1. The first-order chi connectivity index (χ1) is 10.3. The summed E-state index contributed by atoms with van der Waals surface area (Å²) in [6.45, 7) is 7.61. The van der Waals surface area contributed by atoms with Crippen LogP contribution in [0.4, 0.5) is 11.5 Å². The summed E-state index contributed by atoms with van der Waals surface area (Å²) in [5.74, 6) is 1.93. The van der Waals surface area contributed by atoms with Gasteiger partial charge in [0.2, 0.25) is 0 Å². The van der Waals surface area contributed by atoms with Crippen LogP contribution in [0.15, 0.2) is 24.7 Å². The van der Waals surface area contributed by atoms with Gasteiger partial charge in [-0.3, -0.25) is 4.90 Å². The van der Waals surface area contributed by atoms with E-state index >= 15 is 0 Å². The molecule has 0 radical (unpaired) electrons. The first-order valence-electron chi connectivity index (χ1n) is 7.32. The number of rotatable bonds is 4. The number of nitrogens with zero attached hydrogens (tertiary/aromatic N) is 6. The number of nitrogen functional groups attached to an aromatic ring is 1. The van der Waals surface area contributed by atoms with E-state index in [0.717, 1.165) is 56.6 Å². The number of aryl methyl sites for hydroxylation is 1. The van der Waals surface area contributed by atoms with Crippen molar-refractivity contribution in [3.05, 3.63) is 30.5 Å². The lowest BCUT2D eigenvalue weighted by molar-refractivity contribution is 0.239. The van der Waals surface area contributed by atoms with Crippen molar-refractivity contribution in [3.63, 3.8) is 0 Å². The largest absolute Gasteiger partial charge is 0.396 e. The fourth-order valence-corrected chi connectivity index (χ4v) is 2.67. The second-order valence-corrected chi connectivity index (χ2v) is 5.17. The van der Waals surface area contributed by atoms with Crippen LogP contribution in [0.5, 0.6) is 0 Å². The maximum Gasteiger partial charge on any atom is 0.151 e. The average Bonchev–Trinajstić information content (AvgIpc) is 2.96. The van der Waals surface area contributed by atoms with Gasteiger partial charge in [-0.05, 0) is 19.1 Å². The van der Waals surface area contributed by atoms with Crippen LogP contribution in [0.1, 0.15) is 12.7 Å². The maximum absolute atomic E-state index is 5.99. The van der Waals surface area contributed by atoms with Gasteiger partial charge in [0, 0.05) is 38.9 Å². The molecule has 0 aliphatic carbocycles. The first-order valence-corrected chi connectivity index (χ1v) is 7.32. The van der Waals surface area contributed by atoms with Crippen LogP contribution in [-0.2, 0) is 13.1 Å². The molecule has 3 rings (SSSR count). The van der Waals surface area contributed by atoms with E-state index in [1.54, 1.807) is 12.5 Å². The van der Waals surface area contributed by atoms with Gasteiger partial charge in [-0.15, -0.1) is 0 Å². The summed E-state index contributed by atoms with van der Waals surface area (Å²) in [5, 5.41) is 4.22. The van der Waals surface area contributed by atoms with Crippen molar-refractivity contribution in [2.45, 2.75) is 20.0 Å². The predicted octanol–water partition coefficient (Wildman–Crippen LogP) is 0.597. The Morgan fingerprint density at radius 3 is 2.71 bits per heavy atom. The Morgan fingerprint density at radius 1 is 1.19 bits per heavy atom. The number of anilines is 2. The molecule has 112 valence electrons. The van der Waals surface area contributed by atoms with Crippen molar-refractivity contribution >= 4 is 11.5 Å². The molecule has 2 aromatic heterocycles. The predicted molar refractivity (Wildman–Crippen MR) is 81.8 cm³/mol. The number of hydrogen-bond donors (Lipinski definition) is 1. The van der Waals surface area contributed by atoms with Gasteiger partial charge in [-0.2, -0.15) is 5.10 Å². The molecule has 0 amide bonds. The van der Waals surface area contributed by atoms with Gasteiger partial charge < -0.3 is 10.6 Å². The van der Waals surface area contributed by atoms with Gasteiger partial charge in [0.15, 0.2) is 5.82 Å². The fourth-order valence-electron chi connectivity index (χ4n) is 2.67. The molecule has 1 aliphatic rings. The Morgan fingerprint density at radius 2 is 2.00 bits per heavy atom. The molecule has 1 fully saturated rings. The molecule has 0 saturated carbocycles. The second kappa shape index (κ2) is 6.09. The van der Waals surface area contributed by atoms with Crippen LogP contribution in [0.25, 0.3) is 0 Å². The third-order valence-electron chi connectivity index (χ3n) is 3.85. The van der Waals surface area contributed by atoms with Gasteiger partial charge in [0.1, 0.15) is 12.2 Å². The lowest BCUT2D eigenvalue weighted by atomic mass is 10.3. The van der Waals surface area contributed by atoms with E-state index in [0.29, 0.717) is 0 Å². The molecule has 0 atom stereocenters. The summed E-state index contributed by atoms with van der Waals surface area (Å²) in [6.07, 6.45) is 3.42. The first kappa shape index (κ1) is 13.8. The highest BCUT2D eigenvalue weighted by Gasteiger charge is 2.20. The van der Waals surface area contributed by atoms with Gasteiger partial charge >= 0.3 is 0 Å². The maximum atomic E-state index is 5.99. The van der Waals surface area contributed by atoms with E-state index < -0.39 is 0 Å². The molecule has 21 heavy (non-hydrogen) atoms. The molecule has 7 nitrogen and oxygen atoms in total. The molecular weight excluding hydrogens is 266 g/mol. The SMILES string of the molecule is CCn1ncnc1CN1CCN(c2ncccc2N)CC1. The van der Waals surface area contributed by atoms with E-state index in [-0.39, 0.29) is 0 Å². The molecule has 0 aromatic carbocycles. The summed E-state index contributed by atoms with van der Waals surface area (Å²) in [4.78, 5) is 13.4. The second-order valence-electron chi connectivity index (χ2n) is 5.17. The molecule has 0 spiro atoms. The number of pyridine rings is 1. The molecule has 0 bridgehead atoms. The van der Waals surface area contributed by atoms with Crippen LogP contribution >= 0.6 is 0 Å². The highest BCUT2D eigenvalue weighted by molar-refractivity contribution is 5.62. The standard InChI is InChI=1S/C14H21N7/c1-2-21-13(17-11-18-21)10-19-6-8-20(9-7-19)14-12(15)4-3-5-16-14/h3-5,11H,2,6-10,15H2,1H3. The van der Waals surface area contributed by atoms with Crippen molar-refractivity contribution in [3.8, 4) is 0 Å². The van der Waals surface area contributed by atoms with Crippen LogP contribution in [0, 0.1) is 0 Å². The quantitative estimate of drug-likeness (QED) is 0.887. The zero-order chi connectivity index (χ0) is 14.7. The third kappa shape index (κ3) is 2.97. The zero-order valence-electron chi connectivity index (χ0n) is 12.3. The summed E-state index contributed by atoms with van der Waals surface area (Å²) >= 11 is 0. The van der Waals surface area contributed by atoms with Crippen molar-refractivity contribution in [1.29, 1.82) is 0 Å². The molecule has 2 aromatic rings. The van der Waals surface area contributed by atoms with E-state index in [9.17, 15) is 0 Å². The number of nitrogens with two attached hydrogens (primary N) is 1. The van der Waals surface area contributed by atoms with E-state index in [2.05, 4.69) is 31.8 Å². The lowest BCUT2D eigenvalue weighted by Crippen LogP contribution is -2.46. The summed E-state index contributed by atoms with van der Waals surface area (Å²) in [6, 6.07) is 3.77. The Hall–Kier alpha value is -2.15. The Balaban J connectivity index is 1.59. The smallest absolute Gasteiger partial charge is 0.151 e. The molecule has 1 saturated heterocycles. The topological polar surface area (TPSA) is 76.1 Å². The van der Waals surface area contributed by atoms with E-state index in [1.807, 2.05) is 16.8 Å². The Labute approximate surface area is 124 Å². The molecular formula is C14H21N7. The summed E-state index contributed by atoms with van der Waals surface area (Å²) in [7, 11) is 0. The summed E-state index contributed by atoms with van der Waals surface area (Å²) in [5.41, 5.74) is 6.74. The highest BCUT2D eigenvalue weighted by Crippen LogP contribution is 2.20. The minimum atomic E-state index is 0.747. The summed E-state index contributed by atoms with van der Waals surface area (Å²) < 4.78 is 1.95. The van der Waals surface area contributed by atoms with Crippen LogP contribution in [0.3, 0.4) is 0 Å². The number of hydrogen-bond acceptors (Lipinski definition) is 6. The zero-order valence-corrected chi connectivity index (χ0v) is 12.3. The van der Waals surface area contributed by atoms with Crippen molar-refractivity contribution in [1.82, 2.24) is 24.6 Å². The van der Waals surface area contributed by atoms with Gasteiger partial charge in [0.25, 0.3) is 0 Å². The molecule has 2 N–H and O–H groups in total. The van der Waals surface area contributed by atoms with E-state index in [1.165, 1.54) is 0 Å². The van der Waals surface area contributed by atoms with Crippen molar-refractivity contribution < 1.29 is 0 Å². The minimum Gasteiger partial charge on any atom is -0.396 e. The Kier molecular flexibility index (Phi) is 4.01. The molecule has 3 heterocycles. The van der Waals surface area contributed by atoms with Gasteiger partial charge in [-0.1, -0.05) is 0 Å². The third-order valence-corrected chi connectivity index (χ3v) is 3.85.